The van der Waals surface area contributed by atoms with Crippen LogP contribution in [-0.4, -0.2) is 54.1 Å². The number of carbonyl (C=O) groups is 1. The van der Waals surface area contributed by atoms with Crippen LogP contribution in [0.5, 0.6) is 5.75 Å². The molecule has 1 aliphatic rings. The minimum Gasteiger partial charge on any atom is -0.491 e. The molecule has 0 aliphatic carbocycles. The van der Waals surface area contributed by atoms with E-state index in [1.165, 1.54) is 4.90 Å². The van der Waals surface area contributed by atoms with Gasteiger partial charge in [-0.05, 0) is 32.0 Å². The van der Waals surface area contributed by atoms with Gasteiger partial charge in [-0.2, -0.15) is 9.37 Å². The van der Waals surface area contributed by atoms with Gasteiger partial charge in [0.05, 0.1) is 12.7 Å². The molecule has 10 heteroatoms. The normalized spacial score (nSPS) is 13.7. The predicted octanol–water partition coefficient (Wildman–Crippen LogP) is 4.23. The van der Waals surface area contributed by atoms with Crippen LogP contribution in [0.3, 0.4) is 0 Å². The van der Waals surface area contributed by atoms with Crippen LogP contribution in [-0.2, 0) is 0 Å². The van der Waals surface area contributed by atoms with Gasteiger partial charge in [-0.15, -0.1) is 0 Å². The van der Waals surface area contributed by atoms with E-state index in [2.05, 4.69) is 20.0 Å². The van der Waals surface area contributed by atoms with Gasteiger partial charge in [-0.3, -0.25) is 4.79 Å². The van der Waals surface area contributed by atoms with Crippen LogP contribution in [0.1, 0.15) is 21.6 Å². The van der Waals surface area contributed by atoms with Crippen molar-refractivity contribution in [1.29, 1.82) is 0 Å². The van der Waals surface area contributed by atoms with Crippen molar-refractivity contribution >= 4 is 23.4 Å². The number of hydrogen-bond donors (Lipinski definition) is 1. The summed E-state index contributed by atoms with van der Waals surface area (Å²) in [6, 6.07) is 10.3. The molecular formula is C24H24F3N5O2. The summed E-state index contributed by atoms with van der Waals surface area (Å²) in [5.74, 6) is -4.52. The van der Waals surface area contributed by atoms with Crippen molar-refractivity contribution in [2.24, 2.45) is 0 Å². The molecule has 2 aromatic carbocycles. The summed E-state index contributed by atoms with van der Waals surface area (Å²) < 4.78 is 46.7. The molecule has 1 aromatic heterocycles. The number of halogens is 3. The second-order valence-corrected chi connectivity index (χ2v) is 8.03. The van der Waals surface area contributed by atoms with Crippen LogP contribution in [0.25, 0.3) is 0 Å². The Morgan fingerprint density at radius 1 is 0.971 bits per heavy atom. The highest BCUT2D eigenvalue weighted by molar-refractivity contribution is 5.95. The molecule has 7 nitrogen and oxygen atoms in total. The Kier molecular flexibility index (Phi) is 6.58. The fraction of sp³-hybridized carbons (Fsp3) is 0.292. The molecule has 1 fully saturated rings. The van der Waals surface area contributed by atoms with Crippen LogP contribution in [0.2, 0.25) is 0 Å². The van der Waals surface area contributed by atoms with E-state index in [4.69, 9.17) is 0 Å². The number of rotatable bonds is 5. The van der Waals surface area contributed by atoms with Crippen molar-refractivity contribution in [1.82, 2.24) is 14.9 Å². The monoisotopic (exact) mass is 471 g/mol. The molecule has 0 atom stereocenters. The second-order valence-electron chi connectivity index (χ2n) is 8.03. The molecule has 0 saturated carbocycles. The molecule has 0 spiro atoms. The number of benzene rings is 2. The molecule has 0 bridgehead atoms. The van der Waals surface area contributed by atoms with Gasteiger partial charge >= 0.3 is 0 Å². The molecule has 1 aliphatic heterocycles. The lowest BCUT2D eigenvalue weighted by molar-refractivity contribution is 0.0740. The van der Waals surface area contributed by atoms with E-state index in [9.17, 15) is 18.0 Å². The van der Waals surface area contributed by atoms with Crippen LogP contribution in [0.4, 0.5) is 30.6 Å². The third-order valence-corrected chi connectivity index (χ3v) is 5.59. The minimum atomic E-state index is -1.46. The Balaban J connectivity index is 1.47. The van der Waals surface area contributed by atoms with Crippen LogP contribution >= 0.6 is 0 Å². The zero-order valence-electron chi connectivity index (χ0n) is 19.0. The first-order valence-corrected chi connectivity index (χ1v) is 10.7. The predicted molar refractivity (Wildman–Crippen MR) is 122 cm³/mol. The van der Waals surface area contributed by atoms with Crippen LogP contribution in [0, 0.1) is 31.3 Å². The van der Waals surface area contributed by atoms with Crippen molar-refractivity contribution in [3.63, 3.8) is 0 Å². The lowest BCUT2D eigenvalue weighted by Crippen LogP contribution is -2.49. The van der Waals surface area contributed by atoms with Gasteiger partial charge in [0.2, 0.25) is 11.8 Å². The summed E-state index contributed by atoms with van der Waals surface area (Å²) >= 11 is 0. The van der Waals surface area contributed by atoms with Gasteiger partial charge in [-0.1, -0.05) is 17.7 Å². The number of carbonyl (C=O) groups excluding carboxylic acids is 1. The van der Waals surface area contributed by atoms with Gasteiger partial charge in [0, 0.05) is 43.6 Å². The minimum absolute atomic E-state index is 0.253. The molecular weight excluding hydrogens is 447 g/mol. The lowest BCUT2D eigenvalue weighted by Gasteiger charge is -2.35. The maximum absolute atomic E-state index is 14.5. The first kappa shape index (κ1) is 23.3. The summed E-state index contributed by atoms with van der Waals surface area (Å²) in [6.45, 7) is 5.23. The number of nitrogens with one attached hydrogen (secondary N) is 1. The lowest BCUT2D eigenvalue weighted by atomic mass is 10.1. The highest BCUT2D eigenvalue weighted by Gasteiger charge is 2.29. The molecule has 2 heterocycles. The number of piperazine rings is 1. The fourth-order valence-corrected chi connectivity index (χ4v) is 3.76. The number of ether oxygens (including phenoxy) is 1. The Morgan fingerprint density at radius 3 is 2.29 bits per heavy atom. The second kappa shape index (κ2) is 9.58. The molecule has 1 N–H and O–H groups in total. The van der Waals surface area contributed by atoms with Gasteiger partial charge in [0.1, 0.15) is 5.82 Å². The third kappa shape index (κ3) is 4.75. The van der Waals surface area contributed by atoms with E-state index in [0.29, 0.717) is 30.9 Å². The first-order valence-electron chi connectivity index (χ1n) is 10.7. The topological polar surface area (TPSA) is 70.6 Å². The van der Waals surface area contributed by atoms with Gasteiger partial charge in [0.25, 0.3) is 5.91 Å². The molecule has 4 rings (SSSR count). The number of amides is 1. The number of methoxy groups -OCH3 is 1. The third-order valence-electron chi connectivity index (χ3n) is 5.59. The van der Waals surface area contributed by atoms with Crippen LogP contribution in [0.15, 0.2) is 36.4 Å². The van der Waals surface area contributed by atoms with E-state index in [-0.39, 0.29) is 13.1 Å². The first-order chi connectivity index (χ1) is 16.3. The van der Waals surface area contributed by atoms with Gasteiger partial charge in [-0.25, -0.2) is 13.8 Å². The zero-order chi connectivity index (χ0) is 24.4. The van der Waals surface area contributed by atoms with E-state index in [1.807, 2.05) is 49.1 Å². The Bertz CT molecular complexity index is 1210. The van der Waals surface area contributed by atoms with E-state index in [0.717, 1.165) is 24.1 Å². The van der Waals surface area contributed by atoms with E-state index < -0.39 is 34.7 Å². The summed E-state index contributed by atoms with van der Waals surface area (Å²) in [4.78, 5) is 25.2. The summed E-state index contributed by atoms with van der Waals surface area (Å²) in [6.07, 6.45) is 0. The molecule has 3 aromatic rings. The number of aryl methyl sites for hydroxylation is 2. The highest BCUT2D eigenvalue weighted by atomic mass is 19.2. The molecule has 0 unspecified atom stereocenters. The van der Waals surface area contributed by atoms with Gasteiger partial charge in [0.15, 0.2) is 17.4 Å². The number of nitrogens with zero attached hydrogens (tertiary/aromatic N) is 4. The quantitative estimate of drug-likeness (QED) is 0.562. The van der Waals surface area contributed by atoms with Crippen molar-refractivity contribution in [3.8, 4) is 5.75 Å². The van der Waals surface area contributed by atoms with Crippen molar-refractivity contribution in [2.45, 2.75) is 13.8 Å². The fourth-order valence-electron chi connectivity index (χ4n) is 3.76. The molecule has 0 radical (unpaired) electrons. The van der Waals surface area contributed by atoms with Gasteiger partial charge < -0.3 is 19.9 Å². The number of aromatic nitrogens is 2. The molecule has 178 valence electrons. The highest BCUT2D eigenvalue weighted by Crippen LogP contribution is 2.28. The molecule has 34 heavy (non-hydrogen) atoms. The van der Waals surface area contributed by atoms with Crippen molar-refractivity contribution in [2.75, 3.05) is 43.5 Å². The zero-order valence-corrected chi connectivity index (χ0v) is 19.0. The smallest absolute Gasteiger partial charge is 0.257 e. The maximum atomic E-state index is 14.5. The van der Waals surface area contributed by atoms with E-state index in [1.54, 1.807) is 0 Å². The van der Waals surface area contributed by atoms with E-state index >= 15 is 0 Å². The summed E-state index contributed by atoms with van der Waals surface area (Å²) in [5.41, 5.74) is 2.22. The van der Waals surface area contributed by atoms with Crippen molar-refractivity contribution in [3.05, 3.63) is 70.7 Å². The Morgan fingerprint density at radius 2 is 1.65 bits per heavy atom. The largest absolute Gasteiger partial charge is 0.491 e. The Labute approximate surface area is 195 Å². The number of hydrogen-bond acceptors (Lipinski definition) is 6. The standard InChI is InChI=1S/C24H24F3N5O2/c1-14-4-6-16(7-5-14)29-24-28-15(2)12-19(30-24)31-8-10-32(11-9-31)23(33)17-13-18(25)21(27)22(34-3)20(17)26/h4-7,12-13H,8-11H2,1-3H3,(H,28,29,30). The average Bonchev–Trinajstić information content (AvgIpc) is 2.82. The van der Waals surface area contributed by atoms with Crippen molar-refractivity contribution < 1.29 is 22.7 Å². The number of anilines is 3. The maximum Gasteiger partial charge on any atom is 0.257 e. The molecule has 1 saturated heterocycles. The SMILES string of the molecule is COc1c(F)c(F)cc(C(=O)N2CCN(c3cc(C)nc(Nc4ccc(C)cc4)n3)CC2)c1F. The Hall–Kier alpha value is -3.82. The summed E-state index contributed by atoms with van der Waals surface area (Å²) in [5, 5.41) is 3.19. The summed E-state index contributed by atoms with van der Waals surface area (Å²) in [7, 11) is 1.01. The molecule has 1 amide bonds. The average molecular weight is 471 g/mol. The van der Waals surface area contributed by atoms with Crippen LogP contribution < -0.4 is 15.0 Å².